The van der Waals surface area contributed by atoms with Crippen molar-refractivity contribution in [1.29, 1.82) is 0 Å². The minimum atomic E-state index is -1.06. The highest BCUT2D eigenvalue weighted by molar-refractivity contribution is 9.10. The Morgan fingerprint density at radius 2 is 2.12 bits per heavy atom. The average Bonchev–Trinajstić information content (AvgIpc) is 2.93. The zero-order chi connectivity index (χ0) is 17.4. The molecule has 1 unspecified atom stereocenters. The zero-order valence-corrected chi connectivity index (χ0v) is 14.6. The third kappa shape index (κ3) is 2.75. The molecule has 2 heterocycles. The van der Waals surface area contributed by atoms with Crippen LogP contribution in [0.2, 0.25) is 0 Å². The number of rotatable bonds is 3. The van der Waals surface area contributed by atoms with E-state index in [1.807, 2.05) is 0 Å². The summed E-state index contributed by atoms with van der Waals surface area (Å²) in [6.07, 6.45) is 0. The topological polar surface area (TPSA) is 97.5 Å². The highest BCUT2D eigenvalue weighted by Crippen LogP contribution is 2.27. The second kappa shape index (κ2) is 6.23. The number of methoxy groups -OCH3 is 1. The number of ether oxygens (including phenoxy) is 1. The molecule has 0 aliphatic carbocycles. The van der Waals surface area contributed by atoms with Crippen LogP contribution in [0.3, 0.4) is 0 Å². The first-order chi connectivity index (χ1) is 11.4. The van der Waals surface area contributed by atoms with Crippen LogP contribution < -0.4 is 4.74 Å². The number of aromatic nitrogens is 3. The van der Waals surface area contributed by atoms with Gasteiger partial charge in [0.1, 0.15) is 17.6 Å². The van der Waals surface area contributed by atoms with Gasteiger partial charge in [-0.25, -0.2) is 4.79 Å². The molecule has 2 aromatic rings. The van der Waals surface area contributed by atoms with Gasteiger partial charge in [0.05, 0.1) is 24.7 Å². The van der Waals surface area contributed by atoms with Gasteiger partial charge in [0.2, 0.25) is 0 Å². The van der Waals surface area contributed by atoms with Gasteiger partial charge in [-0.05, 0) is 41.1 Å². The molecule has 0 spiro atoms. The van der Waals surface area contributed by atoms with Crippen molar-refractivity contribution < 1.29 is 19.4 Å². The van der Waals surface area contributed by atoms with Crippen LogP contribution in [-0.4, -0.2) is 49.8 Å². The van der Waals surface area contributed by atoms with Gasteiger partial charge < -0.3 is 19.3 Å². The Balaban J connectivity index is 1.95. The number of carboxylic acids is 1. The fourth-order valence-electron chi connectivity index (χ4n) is 2.70. The van der Waals surface area contributed by atoms with Gasteiger partial charge in [-0.1, -0.05) is 0 Å². The quantitative estimate of drug-likeness (QED) is 0.846. The smallest absolute Gasteiger partial charge is 0.328 e. The van der Waals surface area contributed by atoms with Crippen molar-refractivity contribution in [3.8, 4) is 5.75 Å². The molecule has 0 saturated carbocycles. The molecule has 3 rings (SSSR count). The Morgan fingerprint density at radius 3 is 2.75 bits per heavy atom. The van der Waals surface area contributed by atoms with E-state index in [2.05, 4.69) is 26.1 Å². The third-order valence-corrected chi connectivity index (χ3v) is 4.62. The van der Waals surface area contributed by atoms with E-state index in [0.717, 1.165) is 0 Å². The van der Waals surface area contributed by atoms with Gasteiger partial charge in [0.15, 0.2) is 5.82 Å². The number of aryl methyl sites for hydroxylation is 1. The zero-order valence-electron chi connectivity index (χ0n) is 13.1. The van der Waals surface area contributed by atoms with Crippen molar-refractivity contribution in [2.75, 3.05) is 7.11 Å². The molecule has 9 heteroatoms. The molecule has 8 nitrogen and oxygen atoms in total. The minimum Gasteiger partial charge on any atom is -0.496 e. The van der Waals surface area contributed by atoms with Gasteiger partial charge >= 0.3 is 5.97 Å². The van der Waals surface area contributed by atoms with Crippen LogP contribution in [0.25, 0.3) is 0 Å². The molecule has 1 aliphatic heterocycles. The highest BCUT2D eigenvalue weighted by atomic mass is 79.9. The van der Waals surface area contributed by atoms with E-state index in [1.165, 1.54) is 12.0 Å². The Labute approximate surface area is 146 Å². The monoisotopic (exact) mass is 394 g/mol. The van der Waals surface area contributed by atoms with E-state index < -0.39 is 12.0 Å². The predicted molar refractivity (Wildman–Crippen MR) is 86.8 cm³/mol. The normalized spacial score (nSPS) is 16.6. The third-order valence-electron chi connectivity index (χ3n) is 4.00. The van der Waals surface area contributed by atoms with Crippen molar-refractivity contribution >= 4 is 27.8 Å². The first kappa shape index (κ1) is 16.4. The van der Waals surface area contributed by atoms with Crippen LogP contribution in [0.1, 0.15) is 22.0 Å². The minimum absolute atomic E-state index is 0.0975. The number of hydrogen-bond acceptors (Lipinski definition) is 5. The van der Waals surface area contributed by atoms with Gasteiger partial charge in [0, 0.05) is 5.56 Å². The maximum Gasteiger partial charge on any atom is 0.328 e. The summed E-state index contributed by atoms with van der Waals surface area (Å²) in [6.45, 7) is 1.99. The van der Waals surface area contributed by atoms with Crippen LogP contribution in [-0.2, 0) is 17.9 Å². The lowest BCUT2D eigenvalue weighted by atomic mass is 10.1. The molecule has 0 saturated heterocycles. The Bertz CT molecular complexity index is 820. The summed E-state index contributed by atoms with van der Waals surface area (Å²) >= 11 is 3.33. The van der Waals surface area contributed by atoms with Gasteiger partial charge in [-0.3, -0.25) is 4.79 Å². The molecule has 0 fully saturated rings. The summed E-state index contributed by atoms with van der Waals surface area (Å²) in [5.41, 5.74) is 0.374. The summed E-state index contributed by atoms with van der Waals surface area (Å²) in [5.74, 6) is 0.365. The summed E-state index contributed by atoms with van der Waals surface area (Å²) in [7, 11) is 1.53. The van der Waals surface area contributed by atoms with E-state index in [4.69, 9.17) is 4.74 Å². The molecule has 1 aliphatic rings. The Kier molecular flexibility index (Phi) is 4.27. The molecule has 0 bridgehead atoms. The number of halogens is 1. The highest BCUT2D eigenvalue weighted by Gasteiger charge is 2.36. The van der Waals surface area contributed by atoms with Crippen molar-refractivity contribution in [1.82, 2.24) is 19.7 Å². The van der Waals surface area contributed by atoms with Crippen LogP contribution in [0.5, 0.6) is 5.75 Å². The number of benzene rings is 1. The Hall–Kier alpha value is -2.42. The number of carbonyl (C=O) groups is 2. The van der Waals surface area contributed by atoms with Gasteiger partial charge in [0.25, 0.3) is 5.91 Å². The maximum atomic E-state index is 12.8. The molecule has 1 atom stereocenters. The maximum absolute atomic E-state index is 12.8. The van der Waals surface area contributed by atoms with Crippen molar-refractivity contribution in [3.63, 3.8) is 0 Å². The number of hydrogen-bond donors (Lipinski definition) is 1. The molecule has 0 radical (unpaired) electrons. The van der Waals surface area contributed by atoms with Gasteiger partial charge in [-0.2, -0.15) is 0 Å². The molecule has 24 heavy (non-hydrogen) atoms. The second-order valence-corrected chi connectivity index (χ2v) is 6.26. The summed E-state index contributed by atoms with van der Waals surface area (Å²) in [4.78, 5) is 25.8. The summed E-state index contributed by atoms with van der Waals surface area (Å²) < 4.78 is 7.50. The largest absolute Gasteiger partial charge is 0.496 e. The molecule has 1 aromatic carbocycles. The Morgan fingerprint density at radius 1 is 1.38 bits per heavy atom. The standard InChI is InChI=1S/C15H15BrN4O4/c1-8-17-18-13-7-20(11(15(22)23)6-19(8)13)14(21)9-3-4-12(24-2)10(16)5-9/h3-5,11H,6-7H2,1-2H3,(H,22,23). The fraction of sp³-hybridized carbons (Fsp3) is 0.333. The van der Waals surface area contributed by atoms with Gasteiger partial charge in [-0.15, -0.1) is 10.2 Å². The molecule has 1 N–H and O–H groups in total. The number of fused-ring (bicyclic) bond motifs is 1. The van der Waals surface area contributed by atoms with Crippen molar-refractivity contribution in [2.45, 2.75) is 26.1 Å². The van der Waals surface area contributed by atoms with Crippen molar-refractivity contribution in [3.05, 3.63) is 39.9 Å². The number of nitrogens with zero attached hydrogens (tertiary/aromatic N) is 4. The molecular formula is C15H15BrN4O4. The number of carbonyl (C=O) groups excluding carboxylic acids is 1. The first-order valence-corrected chi connectivity index (χ1v) is 7.97. The average molecular weight is 395 g/mol. The van der Waals surface area contributed by atoms with E-state index >= 15 is 0 Å². The molecule has 126 valence electrons. The molecular weight excluding hydrogens is 380 g/mol. The predicted octanol–water partition coefficient (Wildman–Crippen LogP) is 1.47. The molecule has 1 amide bonds. The van der Waals surface area contributed by atoms with E-state index in [0.29, 0.717) is 27.4 Å². The van der Waals surface area contributed by atoms with Crippen molar-refractivity contribution in [2.24, 2.45) is 0 Å². The fourth-order valence-corrected chi connectivity index (χ4v) is 3.24. The lowest BCUT2D eigenvalue weighted by Crippen LogP contribution is -2.50. The first-order valence-electron chi connectivity index (χ1n) is 7.18. The van der Waals surface area contributed by atoms with Crippen LogP contribution in [0.15, 0.2) is 22.7 Å². The number of carboxylic acid groups (broad SMARTS) is 1. The lowest BCUT2D eigenvalue weighted by molar-refractivity contribution is -0.143. The summed E-state index contributed by atoms with van der Waals surface area (Å²) in [6, 6.07) is 3.91. The lowest BCUT2D eigenvalue weighted by Gasteiger charge is -2.33. The SMILES string of the molecule is COc1ccc(C(=O)N2Cc3nnc(C)n3CC2C(=O)O)cc1Br. The number of amides is 1. The second-order valence-electron chi connectivity index (χ2n) is 5.41. The van der Waals surface area contributed by atoms with Crippen LogP contribution >= 0.6 is 15.9 Å². The van der Waals surface area contributed by atoms with Crippen LogP contribution in [0.4, 0.5) is 0 Å². The summed E-state index contributed by atoms with van der Waals surface area (Å²) in [5, 5.41) is 17.5. The van der Waals surface area contributed by atoms with E-state index in [1.54, 1.807) is 29.7 Å². The number of aliphatic carboxylic acids is 1. The molecule has 1 aromatic heterocycles. The van der Waals surface area contributed by atoms with E-state index in [9.17, 15) is 14.7 Å². The van der Waals surface area contributed by atoms with E-state index in [-0.39, 0.29) is 19.0 Å². The van der Waals surface area contributed by atoms with Crippen LogP contribution in [0, 0.1) is 6.92 Å².